The van der Waals surface area contributed by atoms with Gasteiger partial charge in [0.1, 0.15) is 11.4 Å². The van der Waals surface area contributed by atoms with Gasteiger partial charge in [-0.15, -0.1) is 0 Å². The van der Waals surface area contributed by atoms with Gasteiger partial charge in [0, 0.05) is 10.5 Å². The van der Waals surface area contributed by atoms with Crippen LogP contribution in [0.4, 0.5) is 0 Å². The second-order valence-electron chi connectivity index (χ2n) is 4.88. The van der Waals surface area contributed by atoms with Crippen LogP contribution in [-0.2, 0) is 6.54 Å². The lowest BCUT2D eigenvalue weighted by Crippen LogP contribution is -2.21. The maximum Gasteiger partial charge on any atom is 0.262 e. The summed E-state index contributed by atoms with van der Waals surface area (Å²) >= 11 is 3.35. The van der Waals surface area contributed by atoms with E-state index in [0.29, 0.717) is 24.0 Å². The fourth-order valence-electron chi connectivity index (χ4n) is 2.02. The minimum Gasteiger partial charge on any atom is -0.493 e. The molecule has 1 aliphatic rings. The van der Waals surface area contributed by atoms with Crippen LogP contribution >= 0.6 is 15.9 Å². The average Bonchev–Trinajstić information content (AvgIpc) is 3.19. The van der Waals surface area contributed by atoms with Gasteiger partial charge in [0.2, 0.25) is 5.88 Å². The Bertz CT molecular complexity index is 695. The molecule has 104 valence electrons. The maximum atomic E-state index is 12.1. The van der Waals surface area contributed by atoms with Crippen LogP contribution in [0.15, 0.2) is 33.5 Å². The minimum absolute atomic E-state index is 0.196. The van der Waals surface area contributed by atoms with E-state index in [9.17, 15) is 9.90 Å². The highest BCUT2D eigenvalue weighted by Gasteiger charge is 2.21. The van der Waals surface area contributed by atoms with Crippen molar-refractivity contribution in [1.29, 1.82) is 0 Å². The third-order valence-electron chi connectivity index (χ3n) is 3.20. The maximum absolute atomic E-state index is 12.1. The van der Waals surface area contributed by atoms with E-state index in [2.05, 4.69) is 31.2 Å². The first kappa shape index (κ1) is 13.3. The lowest BCUT2D eigenvalue weighted by molar-refractivity contribution is 0.448. The summed E-state index contributed by atoms with van der Waals surface area (Å²) in [6, 6.07) is 7.72. The molecular weight excluding hydrogens is 322 g/mol. The van der Waals surface area contributed by atoms with Crippen LogP contribution in [0.3, 0.4) is 0 Å². The molecule has 0 aliphatic heterocycles. The molecule has 5 nitrogen and oxygen atoms in total. The van der Waals surface area contributed by atoms with Crippen molar-refractivity contribution in [2.45, 2.75) is 25.4 Å². The zero-order valence-electron chi connectivity index (χ0n) is 10.7. The Balaban J connectivity index is 1.93. The Labute approximate surface area is 124 Å². The summed E-state index contributed by atoms with van der Waals surface area (Å²) in [7, 11) is 0. The number of halogens is 1. The molecule has 3 rings (SSSR count). The monoisotopic (exact) mass is 335 g/mol. The van der Waals surface area contributed by atoms with Crippen LogP contribution in [-0.4, -0.2) is 21.1 Å². The van der Waals surface area contributed by atoms with Crippen LogP contribution in [0.5, 0.6) is 5.88 Å². The van der Waals surface area contributed by atoms with Crippen molar-refractivity contribution in [3.8, 4) is 17.0 Å². The predicted octanol–water partition coefficient (Wildman–Crippen LogP) is 2.16. The van der Waals surface area contributed by atoms with Crippen LogP contribution < -0.4 is 10.9 Å². The topological polar surface area (TPSA) is 78.0 Å². The third kappa shape index (κ3) is 2.91. The van der Waals surface area contributed by atoms with E-state index in [-0.39, 0.29) is 17.0 Å². The van der Waals surface area contributed by atoms with Crippen molar-refractivity contribution in [3.05, 3.63) is 44.9 Å². The van der Waals surface area contributed by atoms with Crippen molar-refractivity contribution in [3.63, 3.8) is 0 Å². The predicted molar refractivity (Wildman–Crippen MR) is 79.5 cm³/mol. The number of nitrogens with zero attached hydrogens (tertiary/aromatic N) is 1. The van der Waals surface area contributed by atoms with Gasteiger partial charge in [0.15, 0.2) is 0 Å². The lowest BCUT2D eigenvalue weighted by atomic mass is 10.1. The molecular formula is C14H14BrN3O2. The fourth-order valence-corrected chi connectivity index (χ4v) is 2.42. The lowest BCUT2D eigenvalue weighted by Gasteiger charge is -2.07. The van der Waals surface area contributed by atoms with Gasteiger partial charge in [0.25, 0.3) is 5.56 Å². The quantitative estimate of drug-likeness (QED) is 0.800. The van der Waals surface area contributed by atoms with E-state index in [0.717, 1.165) is 17.3 Å². The average molecular weight is 336 g/mol. The van der Waals surface area contributed by atoms with E-state index in [1.165, 1.54) is 0 Å². The van der Waals surface area contributed by atoms with Crippen molar-refractivity contribution in [1.82, 2.24) is 15.3 Å². The van der Waals surface area contributed by atoms with Gasteiger partial charge < -0.3 is 15.4 Å². The smallest absolute Gasteiger partial charge is 0.262 e. The first-order valence-corrected chi connectivity index (χ1v) is 7.24. The molecule has 1 aromatic carbocycles. The second-order valence-corrected chi connectivity index (χ2v) is 5.79. The highest BCUT2D eigenvalue weighted by atomic mass is 79.9. The molecule has 0 amide bonds. The number of aromatic nitrogens is 2. The summed E-state index contributed by atoms with van der Waals surface area (Å²) in [4.78, 5) is 18.9. The summed E-state index contributed by atoms with van der Waals surface area (Å²) in [5.74, 6) is 0.220. The standard InChI is InChI=1S/C14H14BrN3O2/c15-9-3-1-2-8(6-9)12-13(19)17-11(18-14(12)20)7-16-10-4-5-10/h1-3,6,10,16H,4-5,7H2,(H2,17,18,19,20). The number of hydrogen-bond acceptors (Lipinski definition) is 4. The minimum atomic E-state index is -0.330. The van der Waals surface area contributed by atoms with Crippen molar-refractivity contribution >= 4 is 15.9 Å². The van der Waals surface area contributed by atoms with E-state index < -0.39 is 0 Å². The van der Waals surface area contributed by atoms with Gasteiger partial charge in [-0.05, 0) is 30.5 Å². The highest BCUT2D eigenvalue weighted by Crippen LogP contribution is 2.26. The Morgan fingerprint density at radius 3 is 2.90 bits per heavy atom. The Morgan fingerprint density at radius 2 is 2.25 bits per heavy atom. The molecule has 3 N–H and O–H groups in total. The largest absolute Gasteiger partial charge is 0.493 e. The first-order valence-electron chi connectivity index (χ1n) is 6.45. The molecule has 0 bridgehead atoms. The Morgan fingerprint density at radius 1 is 1.45 bits per heavy atom. The molecule has 0 radical (unpaired) electrons. The summed E-state index contributed by atoms with van der Waals surface area (Å²) in [6.07, 6.45) is 2.32. The molecule has 0 unspecified atom stereocenters. The number of rotatable bonds is 4. The molecule has 1 fully saturated rings. The van der Waals surface area contributed by atoms with Gasteiger partial charge in [-0.3, -0.25) is 4.79 Å². The Hall–Kier alpha value is -1.66. The molecule has 20 heavy (non-hydrogen) atoms. The third-order valence-corrected chi connectivity index (χ3v) is 3.69. The summed E-state index contributed by atoms with van der Waals surface area (Å²) in [5.41, 5.74) is 0.497. The number of aromatic hydroxyl groups is 1. The van der Waals surface area contributed by atoms with E-state index in [1.807, 2.05) is 6.07 Å². The summed E-state index contributed by atoms with van der Waals surface area (Å²) in [6.45, 7) is 0.465. The van der Waals surface area contributed by atoms with E-state index >= 15 is 0 Å². The second kappa shape index (κ2) is 5.38. The summed E-state index contributed by atoms with van der Waals surface area (Å²) < 4.78 is 0.841. The fraction of sp³-hybridized carbons (Fsp3) is 0.286. The SMILES string of the molecule is O=c1[nH]c(CNC2CC2)nc(O)c1-c1cccc(Br)c1. The molecule has 6 heteroatoms. The van der Waals surface area contributed by atoms with Crippen molar-refractivity contribution in [2.75, 3.05) is 0 Å². The molecule has 1 saturated carbocycles. The van der Waals surface area contributed by atoms with Crippen molar-refractivity contribution < 1.29 is 5.11 Å². The Kier molecular flexibility index (Phi) is 3.58. The zero-order chi connectivity index (χ0) is 14.1. The number of aromatic amines is 1. The molecule has 0 atom stereocenters. The zero-order valence-corrected chi connectivity index (χ0v) is 12.3. The number of nitrogens with one attached hydrogen (secondary N) is 2. The number of benzene rings is 1. The molecule has 1 aliphatic carbocycles. The van der Waals surface area contributed by atoms with Gasteiger partial charge in [0.05, 0.1) is 6.54 Å². The molecule has 0 saturated heterocycles. The van der Waals surface area contributed by atoms with E-state index in [1.54, 1.807) is 18.2 Å². The van der Waals surface area contributed by atoms with Crippen LogP contribution in [0, 0.1) is 0 Å². The normalized spacial score (nSPS) is 14.4. The van der Waals surface area contributed by atoms with Gasteiger partial charge in [-0.1, -0.05) is 28.1 Å². The van der Waals surface area contributed by atoms with Gasteiger partial charge >= 0.3 is 0 Å². The molecule has 1 heterocycles. The summed E-state index contributed by atoms with van der Waals surface area (Å²) in [5, 5.41) is 13.3. The van der Waals surface area contributed by atoms with Crippen LogP contribution in [0.25, 0.3) is 11.1 Å². The number of hydrogen-bond donors (Lipinski definition) is 3. The van der Waals surface area contributed by atoms with Crippen LogP contribution in [0.2, 0.25) is 0 Å². The van der Waals surface area contributed by atoms with Gasteiger partial charge in [-0.2, -0.15) is 4.98 Å². The van der Waals surface area contributed by atoms with E-state index in [4.69, 9.17) is 0 Å². The van der Waals surface area contributed by atoms with Gasteiger partial charge in [-0.25, -0.2) is 0 Å². The molecule has 1 aromatic heterocycles. The molecule has 0 spiro atoms. The highest BCUT2D eigenvalue weighted by molar-refractivity contribution is 9.10. The van der Waals surface area contributed by atoms with Crippen LogP contribution in [0.1, 0.15) is 18.7 Å². The number of H-pyrrole nitrogens is 1. The first-order chi connectivity index (χ1) is 9.63. The van der Waals surface area contributed by atoms with Crippen molar-refractivity contribution in [2.24, 2.45) is 0 Å². The molecule has 2 aromatic rings.